The minimum Gasteiger partial charge on any atom is -0.504 e. The zero-order valence-electron chi connectivity index (χ0n) is 16.0. The summed E-state index contributed by atoms with van der Waals surface area (Å²) in [5.74, 6) is -2.87. The molecule has 3 aromatic rings. The van der Waals surface area contributed by atoms with Gasteiger partial charge in [0.25, 0.3) is 11.8 Å². The number of para-hydroxylation sites is 1. The van der Waals surface area contributed by atoms with Crippen molar-refractivity contribution in [3.63, 3.8) is 0 Å². The average molecular weight is 513 g/mol. The van der Waals surface area contributed by atoms with Crippen LogP contribution in [0.15, 0.2) is 36.4 Å². The van der Waals surface area contributed by atoms with Crippen LogP contribution in [0.4, 0.5) is 5.69 Å². The van der Waals surface area contributed by atoms with Gasteiger partial charge in [-0.05, 0) is 42.2 Å². The molecule has 10 heteroatoms. The van der Waals surface area contributed by atoms with Crippen LogP contribution in [0.5, 0.6) is 17.2 Å². The number of nitrogens with zero attached hydrogens (tertiary/aromatic N) is 1. The molecule has 6 nitrogen and oxygen atoms in total. The molecule has 0 radical (unpaired) electrons. The van der Waals surface area contributed by atoms with Crippen molar-refractivity contribution in [1.29, 1.82) is 0 Å². The maximum absolute atomic E-state index is 13.2. The number of amides is 2. The Morgan fingerprint density at radius 2 is 1.22 bits per heavy atom. The summed E-state index contributed by atoms with van der Waals surface area (Å²) < 4.78 is 0. The highest BCUT2D eigenvalue weighted by molar-refractivity contribution is 6.56. The molecule has 0 aromatic heterocycles. The van der Waals surface area contributed by atoms with Crippen LogP contribution in [0.2, 0.25) is 20.1 Å². The Kier molecular flexibility index (Phi) is 5.90. The second-order valence-electron chi connectivity index (χ2n) is 7.06. The minimum atomic E-state index is -0.678. The van der Waals surface area contributed by atoms with Crippen LogP contribution in [0.25, 0.3) is 0 Å². The minimum absolute atomic E-state index is 0.111. The third-order valence-corrected chi connectivity index (χ3v) is 6.95. The highest BCUT2D eigenvalue weighted by Crippen LogP contribution is 2.46. The first-order valence-corrected chi connectivity index (χ1v) is 10.7. The average Bonchev–Trinajstić information content (AvgIpc) is 3.03. The van der Waals surface area contributed by atoms with Crippen LogP contribution in [-0.4, -0.2) is 27.1 Å². The number of carbonyl (C=O) groups excluding carboxylic acids is 2. The largest absolute Gasteiger partial charge is 0.504 e. The number of rotatable bonds is 4. The summed E-state index contributed by atoms with van der Waals surface area (Å²) in [4.78, 5) is 27.3. The van der Waals surface area contributed by atoms with Gasteiger partial charge in [-0.25, -0.2) is 4.90 Å². The highest BCUT2D eigenvalue weighted by atomic mass is 35.5. The van der Waals surface area contributed by atoms with Gasteiger partial charge in [-0.15, -0.1) is 0 Å². The van der Waals surface area contributed by atoms with Gasteiger partial charge in [-0.2, -0.15) is 0 Å². The Labute approximate surface area is 202 Å². The van der Waals surface area contributed by atoms with E-state index in [1.54, 1.807) is 24.3 Å². The van der Waals surface area contributed by atoms with Crippen molar-refractivity contribution in [3.8, 4) is 17.2 Å². The molecule has 0 bridgehead atoms. The molecule has 164 valence electrons. The molecule has 0 saturated carbocycles. The molecule has 2 amide bonds. The smallest absolute Gasteiger partial charge is 0.267 e. The van der Waals surface area contributed by atoms with Gasteiger partial charge in [0, 0.05) is 0 Å². The zero-order chi connectivity index (χ0) is 23.3. The topological polar surface area (TPSA) is 98.1 Å². The van der Waals surface area contributed by atoms with Gasteiger partial charge in [0.2, 0.25) is 0 Å². The lowest BCUT2D eigenvalue weighted by molar-refractivity contribution is 0.0926. The van der Waals surface area contributed by atoms with Crippen LogP contribution in [0.1, 0.15) is 31.8 Å². The molecular weight excluding hydrogens is 500 g/mol. The third-order valence-electron chi connectivity index (χ3n) is 5.15. The SMILES string of the molecule is O=C1c2c(Cl)c(Cl)c(Cl)c(Cl)c2C(=O)N1c1ccccc1CCc1cc(O)c(O)c(O)c1. The molecule has 3 N–H and O–H groups in total. The van der Waals surface area contributed by atoms with Gasteiger partial charge >= 0.3 is 0 Å². The third kappa shape index (κ3) is 3.53. The molecule has 1 aliphatic heterocycles. The van der Waals surface area contributed by atoms with E-state index in [9.17, 15) is 24.9 Å². The molecule has 3 aromatic carbocycles. The van der Waals surface area contributed by atoms with Crippen molar-refractivity contribution in [2.24, 2.45) is 0 Å². The Bertz CT molecular complexity index is 1240. The Morgan fingerprint density at radius 3 is 1.75 bits per heavy atom. The number of halogens is 4. The molecule has 4 rings (SSSR count). The Balaban J connectivity index is 1.72. The van der Waals surface area contributed by atoms with Crippen molar-refractivity contribution in [2.75, 3.05) is 4.90 Å². The molecule has 0 fully saturated rings. The van der Waals surface area contributed by atoms with Crippen LogP contribution in [-0.2, 0) is 12.8 Å². The lowest BCUT2D eigenvalue weighted by Gasteiger charge is -2.18. The second-order valence-corrected chi connectivity index (χ2v) is 8.57. The van der Waals surface area contributed by atoms with E-state index in [0.29, 0.717) is 29.7 Å². The normalized spacial score (nSPS) is 13.1. The molecule has 1 heterocycles. The molecule has 0 aliphatic carbocycles. The standard InChI is InChI=1S/C22H13Cl4NO5/c23-16-14-15(17(24)19(26)18(16)25)22(32)27(21(14)31)11-4-2-1-3-10(11)6-5-9-7-12(28)20(30)13(29)8-9/h1-4,7-8,28-30H,5-6H2. The summed E-state index contributed by atoms with van der Waals surface area (Å²) in [5.41, 5.74) is 1.28. The first-order valence-electron chi connectivity index (χ1n) is 9.19. The Morgan fingerprint density at radius 1 is 0.719 bits per heavy atom. The van der Waals surface area contributed by atoms with Gasteiger partial charge in [0.15, 0.2) is 17.2 Å². The number of hydrogen-bond donors (Lipinski definition) is 3. The number of anilines is 1. The molecule has 0 saturated heterocycles. The van der Waals surface area contributed by atoms with E-state index in [4.69, 9.17) is 46.4 Å². The van der Waals surface area contributed by atoms with Gasteiger partial charge < -0.3 is 15.3 Å². The summed E-state index contributed by atoms with van der Waals surface area (Å²) >= 11 is 24.6. The van der Waals surface area contributed by atoms with E-state index in [2.05, 4.69) is 0 Å². The van der Waals surface area contributed by atoms with Crippen molar-refractivity contribution in [3.05, 3.63) is 78.7 Å². The maximum Gasteiger partial charge on any atom is 0.267 e. The number of hydrogen-bond acceptors (Lipinski definition) is 5. The number of aromatic hydroxyl groups is 3. The zero-order valence-corrected chi connectivity index (χ0v) is 19.0. The number of imide groups is 1. The number of aryl methyl sites for hydroxylation is 2. The quantitative estimate of drug-likeness (QED) is 0.172. The van der Waals surface area contributed by atoms with Crippen LogP contribution in [0.3, 0.4) is 0 Å². The first kappa shape index (κ1) is 22.6. The Hall–Kier alpha value is -2.64. The number of carbonyl (C=O) groups is 2. The number of benzene rings is 3. The van der Waals surface area contributed by atoms with Crippen molar-refractivity contribution in [2.45, 2.75) is 12.8 Å². The van der Waals surface area contributed by atoms with E-state index >= 15 is 0 Å². The summed E-state index contributed by atoms with van der Waals surface area (Å²) in [6.07, 6.45) is 0.678. The fourth-order valence-electron chi connectivity index (χ4n) is 3.59. The van der Waals surface area contributed by atoms with Crippen molar-refractivity contribution >= 4 is 63.9 Å². The van der Waals surface area contributed by atoms with Gasteiger partial charge in [0.1, 0.15) is 0 Å². The van der Waals surface area contributed by atoms with Gasteiger partial charge in [0.05, 0.1) is 36.9 Å². The maximum atomic E-state index is 13.2. The van der Waals surface area contributed by atoms with E-state index in [1.807, 2.05) is 0 Å². The number of fused-ring (bicyclic) bond motifs is 1. The second kappa shape index (κ2) is 8.37. The summed E-state index contributed by atoms with van der Waals surface area (Å²) in [5, 5.41) is 28.4. The van der Waals surface area contributed by atoms with E-state index in [1.165, 1.54) is 12.1 Å². The van der Waals surface area contributed by atoms with Crippen LogP contribution >= 0.6 is 46.4 Å². The van der Waals surface area contributed by atoms with E-state index in [0.717, 1.165) is 4.90 Å². The fourth-order valence-corrected chi connectivity index (χ4v) is 4.61. The van der Waals surface area contributed by atoms with Gasteiger partial charge in [-0.1, -0.05) is 64.6 Å². The lowest BCUT2D eigenvalue weighted by atomic mass is 10.0. The number of phenols is 3. The van der Waals surface area contributed by atoms with Crippen LogP contribution < -0.4 is 4.90 Å². The lowest BCUT2D eigenvalue weighted by Crippen LogP contribution is -2.30. The molecular formula is C22H13Cl4NO5. The molecule has 1 aliphatic rings. The van der Waals surface area contributed by atoms with Gasteiger partial charge in [-0.3, -0.25) is 9.59 Å². The predicted octanol–water partition coefficient (Wildman–Crippen LogP) is 6.00. The number of phenolic OH excluding ortho intramolecular Hbond substituents is 3. The van der Waals surface area contributed by atoms with E-state index < -0.39 is 29.1 Å². The van der Waals surface area contributed by atoms with Crippen molar-refractivity contribution < 1.29 is 24.9 Å². The molecule has 0 atom stereocenters. The molecule has 0 spiro atoms. The summed E-state index contributed by atoms with van der Waals surface area (Å²) in [6.45, 7) is 0. The van der Waals surface area contributed by atoms with E-state index in [-0.39, 0.29) is 31.2 Å². The predicted molar refractivity (Wildman–Crippen MR) is 123 cm³/mol. The first-order chi connectivity index (χ1) is 15.1. The highest BCUT2D eigenvalue weighted by Gasteiger charge is 2.43. The fraction of sp³-hybridized carbons (Fsp3) is 0.0909. The monoisotopic (exact) mass is 511 g/mol. The van der Waals surface area contributed by atoms with Crippen LogP contribution in [0, 0.1) is 0 Å². The summed E-state index contributed by atoms with van der Waals surface area (Å²) in [6, 6.07) is 9.41. The molecule has 0 unspecified atom stereocenters. The molecule has 32 heavy (non-hydrogen) atoms. The summed E-state index contributed by atoms with van der Waals surface area (Å²) in [7, 11) is 0. The van der Waals surface area contributed by atoms with Crippen molar-refractivity contribution in [1.82, 2.24) is 0 Å².